The van der Waals surface area contributed by atoms with Gasteiger partial charge in [-0.3, -0.25) is 4.90 Å². The number of rotatable bonds is 11. The van der Waals surface area contributed by atoms with Gasteiger partial charge in [0.2, 0.25) is 12.0 Å². The van der Waals surface area contributed by atoms with Crippen LogP contribution in [0.2, 0.25) is 0 Å². The number of hydrogen-bond donors (Lipinski definition) is 1. The maximum absolute atomic E-state index is 14.3. The fourth-order valence-electron chi connectivity index (χ4n) is 9.91. The molecule has 2 saturated heterocycles. The zero-order chi connectivity index (χ0) is 48.1. The van der Waals surface area contributed by atoms with Gasteiger partial charge in [0.15, 0.2) is 0 Å². The van der Waals surface area contributed by atoms with Crippen LogP contribution in [0.1, 0.15) is 59.8 Å². The number of carboxylic acid groups (broad SMARTS) is 1. The summed E-state index contributed by atoms with van der Waals surface area (Å²) in [7, 11) is 2.14. The molecule has 15 nitrogen and oxygen atoms in total. The molecule has 17 heteroatoms. The van der Waals surface area contributed by atoms with E-state index >= 15 is 0 Å². The number of aromatic nitrogens is 4. The van der Waals surface area contributed by atoms with Crippen LogP contribution in [0.25, 0.3) is 31.8 Å². The topological polar surface area (TPSA) is 160 Å². The summed E-state index contributed by atoms with van der Waals surface area (Å²) in [6.07, 6.45) is 5.08. The smallest absolute Gasteiger partial charge is 0.345 e. The highest BCUT2D eigenvalue weighted by Gasteiger charge is 2.31. The number of benzene rings is 3. The Labute approximate surface area is 410 Å². The lowest BCUT2D eigenvalue weighted by atomic mass is 9.86. The minimum Gasteiger partial charge on any atom is -0.490 e. The maximum Gasteiger partial charge on any atom is 0.345 e. The van der Waals surface area contributed by atoms with Gasteiger partial charge in [-0.25, -0.2) is 29.1 Å². The second-order valence-corrected chi connectivity index (χ2v) is 19.7. The first-order chi connectivity index (χ1) is 34.1. The molecule has 3 aromatic carbocycles. The van der Waals surface area contributed by atoms with E-state index in [2.05, 4.69) is 31.8 Å². The van der Waals surface area contributed by atoms with E-state index in [1.54, 1.807) is 18.3 Å². The summed E-state index contributed by atoms with van der Waals surface area (Å²) < 4.78 is 58.3. The van der Waals surface area contributed by atoms with Gasteiger partial charge in [0.1, 0.15) is 65.5 Å². The van der Waals surface area contributed by atoms with E-state index in [0.29, 0.717) is 71.7 Å². The van der Waals surface area contributed by atoms with Gasteiger partial charge in [-0.2, -0.15) is 0 Å². The lowest BCUT2D eigenvalue weighted by molar-refractivity contribution is -0.145. The van der Waals surface area contributed by atoms with Crippen LogP contribution in [0, 0.1) is 19.7 Å². The molecule has 368 valence electrons. The van der Waals surface area contributed by atoms with Gasteiger partial charge in [-0.15, -0.1) is 11.3 Å². The van der Waals surface area contributed by atoms with E-state index in [9.17, 15) is 14.3 Å². The molecule has 5 aliphatic rings. The van der Waals surface area contributed by atoms with E-state index in [1.807, 2.05) is 50.2 Å². The van der Waals surface area contributed by atoms with Crippen molar-refractivity contribution in [2.24, 2.45) is 0 Å². The van der Waals surface area contributed by atoms with Crippen molar-refractivity contribution in [2.45, 2.75) is 82.9 Å². The summed E-state index contributed by atoms with van der Waals surface area (Å²) >= 11 is 1.42. The highest BCUT2D eigenvalue weighted by Crippen LogP contribution is 2.49. The minimum absolute atomic E-state index is 0.0171. The summed E-state index contributed by atoms with van der Waals surface area (Å²) in [5, 5.41) is 11.5. The number of fused-ring (bicyclic) bond motifs is 7. The molecule has 3 fully saturated rings. The molecule has 1 N–H and O–H groups in total. The molecular formula is C53H59FN6O9S. The van der Waals surface area contributed by atoms with E-state index in [1.165, 1.54) is 29.8 Å². The standard InChI is InChI=1S/C53H59FN6O9S/c1-32-22-41-23-33(2)46(32)47-48-51(56-31-57-52(48)70-49(47)34-4-8-37(54)9-5-34)69-45(53(61)62)25-36-24-40(66-29-42(68-41)26-60-18-16-59(3)17-19-60)12-13-44(36)67-27-38-14-15-55-50(58-38)35-6-10-39(11-7-35)65-30-43-28-63-20-21-64-43/h4-5,8-9,12-15,22-24,31,35,39,42-43,45H,6-7,10-11,16-21,25-30H2,1-3H3,(H,61,62). The number of aryl methyl sites for hydroxylation is 2. The van der Waals surface area contributed by atoms with Crippen molar-refractivity contribution in [3.05, 3.63) is 107 Å². The molecule has 4 bridgehead atoms. The maximum atomic E-state index is 14.3. The number of likely N-dealkylation sites (N-methyl/N-ethyl adjacent to an activating group) is 1. The van der Waals surface area contributed by atoms with E-state index in [-0.39, 0.29) is 55.6 Å². The first-order valence-corrected chi connectivity index (χ1v) is 25.0. The number of halogens is 1. The summed E-state index contributed by atoms with van der Waals surface area (Å²) in [6, 6.07) is 17.7. The van der Waals surface area contributed by atoms with Gasteiger partial charge in [-0.1, -0.05) is 12.1 Å². The Kier molecular flexibility index (Phi) is 14.8. The van der Waals surface area contributed by atoms with E-state index in [0.717, 1.165) is 90.4 Å². The monoisotopic (exact) mass is 974 g/mol. The first-order valence-electron chi connectivity index (χ1n) is 24.2. The van der Waals surface area contributed by atoms with Crippen LogP contribution < -0.4 is 18.9 Å². The largest absolute Gasteiger partial charge is 0.490 e. The Hall–Kier alpha value is -5.82. The third-order valence-electron chi connectivity index (χ3n) is 13.6. The highest BCUT2D eigenvalue weighted by atomic mass is 32.1. The predicted molar refractivity (Wildman–Crippen MR) is 262 cm³/mol. The van der Waals surface area contributed by atoms with Crippen molar-refractivity contribution in [3.8, 4) is 44.7 Å². The van der Waals surface area contributed by atoms with Crippen LogP contribution in [0.5, 0.6) is 23.1 Å². The molecule has 1 aliphatic carbocycles. The average Bonchev–Trinajstić information content (AvgIpc) is 3.75. The summed E-state index contributed by atoms with van der Waals surface area (Å²) in [5.41, 5.74) is 5.55. The number of piperazine rings is 1. The summed E-state index contributed by atoms with van der Waals surface area (Å²) in [6.45, 7) is 11.1. The number of hydrogen-bond acceptors (Lipinski definition) is 15. The minimum atomic E-state index is -1.40. The van der Waals surface area contributed by atoms with E-state index in [4.69, 9.17) is 38.1 Å². The second kappa shape index (κ2) is 21.7. The molecule has 0 radical (unpaired) electrons. The third kappa shape index (κ3) is 11.2. The first kappa shape index (κ1) is 47.8. The van der Waals surface area contributed by atoms with Crippen molar-refractivity contribution in [3.63, 3.8) is 0 Å². The zero-order valence-electron chi connectivity index (χ0n) is 39.8. The van der Waals surface area contributed by atoms with Crippen LogP contribution >= 0.6 is 11.3 Å². The zero-order valence-corrected chi connectivity index (χ0v) is 40.6. The molecule has 3 atom stereocenters. The Morgan fingerprint density at radius 2 is 1.67 bits per heavy atom. The number of aliphatic carboxylic acids is 1. The normalized spacial score (nSPS) is 22.4. The summed E-state index contributed by atoms with van der Waals surface area (Å²) in [5.74, 6) is 1.23. The van der Waals surface area contributed by atoms with Gasteiger partial charge in [0.25, 0.3) is 0 Å². The molecule has 0 spiro atoms. The van der Waals surface area contributed by atoms with Crippen LogP contribution in [-0.2, 0) is 32.0 Å². The molecular weight excluding hydrogens is 916 g/mol. The molecule has 4 aliphatic heterocycles. The lowest BCUT2D eigenvalue weighted by Crippen LogP contribution is -2.49. The number of thiophene rings is 1. The Bertz CT molecular complexity index is 2750. The fraction of sp³-hybridized carbons (Fsp3) is 0.453. The lowest BCUT2D eigenvalue weighted by Gasteiger charge is -2.34. The molecule has 7 heterocycles. The van der Waals surface area contributed by atoms with Crippen molar-refractivity contribution in [1.29, 1.82) is 0 Å². The Morgan fingerprint density at radius 1 is 0.871 bits per heavy atom. The number of nitrogens with zero attached hydrogens (tertiary/aromatic N) is 6. The van der Waals surface area contributed by atoms with Crippen LogP contribution in [0.3, 0.4) is 0 Å². The van der Waals surface area contributed by atoms with E-state index < -0.39 is 12.1 Å². The van der Waals surface area contributed by atoms with Gasteiger partial charge < -0.3 is 43.2 Å². The van der Waals surface area contributed by atoms with Crippen molar-refractivity contribution in [2.75, 3.05) is 72.8 Å². The van der Waals surface area contributed by atoms with Gasteiger partial charge in [-0.05, 0) is 117 Å². The Balaban J connectivity index is 0.960. The van der Waals surface area contributed by atoms with Crippen LogP contribution in [0.15, 0.2) is 73.2 Å². The van der Waals surface area contributed by atoms with Gasteiger partial charge in [0.05, 0.1) is 43.6 Å². The van der Waals surface area contributed by atoms with Crippen molar-refractivity contribution < 1.29 is 47.4 Å². The fourth-order valence-corrected chi connectivity index (χ4v) is 11.1. The average molecular weight is 975 g/mol. The molecule has 3 aromatic heterocycles. The molecule has 11 rings (SSSR count). The molecule has 1 saturated carbocycles. The van der Waals surface area contributed by atoms with Crippen molar-refractivity contribution >= 4 is 27.5 Å². The highest BCUT2D eigenvalue weighted by molar-refractivity contribution is 7.22. The van der Waals surface area contributed by atoms with Crippen molar-refractivity contribution in [1.82, 2.24) is 29.7 Å². The SMILES string of the molecule is Cc1cc2cc(C)c1-c1c(-c3ccc(F)cc3)sc3ncnc(c13)OC(C(=O)O)Cc1cc(ccc1OCc1ccnc(C3CCC(OCC4COCCO4)CC3)n1)OCC(CN1CCN(C)CC1)O2. The van der Waals surface area contributed by atoms with Gasteiger partial charge >= 0.3 is 5.97 Å². The Morgan fingerprint density at radius 3 is 2.43 bits per heavy atom. The quantitative estimate of drug-likeness (QED) is 0.133. The number of carboxylic acids is 1. The molecule has 0 amide bonds. The predicted octanol–water partition coefficient (Wildman–Crippen LogP) is 8.07. The van der Waals surface area contributed by atoms with Crippen LogP contribution in [-0.4, -0.2) is 138 Å². The number of carbonyl (C=O) groups is 1. The van der Waals surface area contributed by atoms with Gasteiger partial charge in [0, 0.05) is 67.3 Å². The molecule has 70 heavy (non-hydrogen) atoms. The summed E-state index contributed by atoms with van der Waals surface area (Å²) in [4.78, 5) is 38.4. The number of ether oxygens (including phenoxy) is 7. The molecule has 6 aromatic rings. The second-order valence-electron chi connectivity index (χ2n) is 18.7. The molecule has 3 unspecified atom stereocenters. The van der Waals surface area contributed by atoms with Crippen LogP contribution in [0.4, 0.5) is 4.39 Å². The third-order valence-corrected chi connectivity index (χ3v) is 14.8.